The molecular formula is C136H98N8. The van der Waals surface area contributed by atoms with Crippen LogP contribution in [-0.2, 0) is 0 Å². The SMILES string of the molecule is Cc1ccccc1-c1ccc2c(c1)c1cc(-c3ccccc3C)ccc1n2-c1ccncc1-c1ccc(-n2c3ccc(-c4ccccc4C)cc3c3cc(-c4ccccc4C)ccc32)c(-c2cc(-c3cc(-c4cnccc4-n4c5ccc(-c6ccccc6C)cc5c5cc(-c6ccccc6C)ccc54)ccc3-n3c4ccc(-c5ccccc5C)cc4c4cc(-c5ccccc5C)ccc43)nc(-c3ccccc3)n2)c1. The first-order valence-corrected chi connectivity index (χ1v) is 49.7. The van der Waals surface area contributed by atoms with Crippen LogP contribution in [0.5, 0.6) is 0 Å². The third-order valence-corrected chi connectivity index (χ3v) is 30.2. The molecule has 7 aromatic heterocycles. The van der Waals surface area contributed by atoms with Gasteiger partial charge in [-0.05, 0) is 340 Å². The van der Waals surface area contributed by atoms with Crippen molar-refractivity contribution in [2.45, 2.75) is 55.4 Å². The molecule has 8 heteroatoms. The molecule has 0 unspecified atom stereocenters. The zero-order valence-corrected chi connectivity index (χ0v) is 81.3. The third kappa shape index (κ3) is 14.6. The first-order valence-electron chi connectivity index (χ1n) is 49.7. The smallest absolute Gasteiger partial charge is 0.160 e. The average Bonchev–Trinajstić information content (AvgIpc) is 1.58. The van der Waals surface area contributed by atoms with Gasteiger partial charge in [-0.3, -0.25) is 9.97 Å². The Bertz CT molecular complexity index is 8830. The summed E-state index contributed by atoms with van der Waals surface area (Å²) < 4.78 is 9.93. The van der Waals surface area contributed by atoms with Crippen molar-refractivity contribution in [1.82, 2.24) is 38.2 Å². The van der Waals surface area contributed by atoms with Crippen molar-refractivity contribution in [2.75, 3.05) is 0 Å². The van der Waals surface area contributed by atoms with Crippen molar-refractivity contribution in [2.24, 2.45) is 0 Å². The number of aromatic nitrogens is 8. The Balaban J connectivity index is 0.761. The van der Waals surface area contributed by atoms with E-state index in [-0.39, 0.29) is 0 Å². The Morgan fingerprint density at radius 1 is 0.153 bits per heavy atom. The molecule has 0 N–H and O–H groups in total. The molecule has 0 amide bonds. The van der Waals surface area contributed by atoms with Crippen LogP contribution in [0.3, 0.4) is 0 Å². The van der Waals surface area contributed by atoms with Crippen molar-refractivity contribution < 1.29 is 0 Å². The minimum Gasteiger partial charge on any atom is -0.309 e. The maximum Gasteiger partial charge on any atom is 0.160 e. The molecule has 7 heterocycles. The Kier molecular flexibility index (Phi) is 20.9. The Labute approximate surface area is 836 Å². The summed E-state index contributed by atoms with van der Waals surface area (Å²) in [4.78, 5) is 22.5. The van der Waals surface area contributed by atoms with Crippen molar-refractivity contribution in [3.63, 3.8) is 0 Å². The topological polar surface area (TPSA) is 71.3 Å². The van der Waals surface area contributed by atoms with Crippen LogP contribution >= 0.6 is 0 Å². The van der Waals surface area contributed by atoms with Gasteiger partial charge in [0.1, 0.15) is 0 Å². The molecule has 26 aromatic rings. The molecule has 8 nitrogen and oxygen atoms in total. The number of hydrogen-bond donors (Lipinski definition) is 0. The maximum atomic E-state index is 6.09. The second-order valence-corrected chi connectivity index (χ2v) is 38.8. The monoisotopic (exact) mass is 1840 g/mol. The van der Waals surface area contributed by atoms with E-state index in [2.05, 4.69) is 511 Å². The first-order chi connectivity index (χ1) is 70.7. The van der Waals surface area contributed by atoms with Crippen molar-refractivity contribution in [1.29, 1.82) is 0 Å². The molecule has 0 atom stereocenters. The minimum atomic E-state index is 0.557. The van der Waals surface area contributed by atoms with Gasteiger partial charge in [0, 0.05) is 95.7 Å². The zero-order valence-electron chi connectivity index (χ0n) is 81.3. The van der Waals surface area contributed by atoms with E-state index < -0.39 is 0 Å². The van der Waals surface area contributed by atoms with Gasteiger partial charge < -0.3 is 18.3 Å². The Morgan fingerprint density at radius 2 is 0.347 bits per heavy atom. The Morgan fingerprint density at radius 3 is 0.569 bits per heavy atom. The van der Waals surface area contributed by atoms with Gasteiger partial charge >= 0.3 is 0 Å². The lowest BCUT2D eigenvalue weighted by atomic mass is 9.96. The molecule has 144 heavy (non-hydrogen) atoms. The van der Waals surface area contributed by atoms with Gasteiger partial charge in [0.25, 0.3) is 0 Å². The highest BCUT2D eigenvalue weighted by molar-refractivity contribution is 6.17. The highest BCUT2D eigenvalue weighted by Gasteiger charge is 2.29. The number of rotatable bonds is 17. The van der Waals surface area contributed by atoms with E-state index in [9.17, 15) is 0 Å². The van der Waals surface area contributed by atoms with Crippen LogP contribution in [0.15, 0.2) is 449 Å². The fraction of sp³-hybridized carbons (Fsp3) is 0.0588. The molecule has 0 aliphatic rings. The minimum absolute atomic E-state index is 0.557. The number of pyridine rings is 2. The lowest BCUT2D eigenvalue weighted by Crippen LogP contribution is -2.04. The van der Waals surface area contributed by atoms with E-state index in [4.69, 9.17) is 19.9 Å². The van der Waals surface area contributed by atoms with Gasteiger partial charge in [-0.15, -0.1) is 0 Å². The average molecular weight is 1840 g/mol. The number of aryl methyl sites for hydroxylation is 8. The molecule has 19 aromatic carbocycles. The van der Waals surface area contributed by atoms with Gasteiger partial charge in [0.05, 0.1) is 78.3 Å². The van der Waals surface area contributed by atoms with Gasteiger partial charge in [-0.25, -0.2) is 9.97 Å². The molecule has 682 valence electrons. The summed E-state index contributed by atoms with van der Waals surface area (Å²) in [5, 5.41) is 9.11. The predicted octanol–water partition coefficient (Wildman–Crippen LogP) is 35.8. The summed E-state index contributed by atoms with van der Waals surface area (Å²) in [6.07, 6.45) is 8.02. The second kappa shape index (κ2) is 35.0. The van der Waals surface area contributed by atoms with Crippen molar-refractivity contribution in [3.8, 4) is 168 Å². The van der Waals surface area contributed by atoms with E-state index in [1.807, 2.05) is 12.4 Å². The molecule has 26 rings (SSSR count). The van der Waals surface area contributed by atoms with Crippen LogP contribution in [0.1, 0.15) is 44.5 Å². The summed E-state index contributed by atoms with van der Waals surface area (Å²) in [5.41, 5.74) is 48.6. The quantitative estimate of drug-likeness (QED) is 0.0911. The van der Waals surface area contributed by atoms with Crippen LogP contribution in [0.4, 0.5) is 0 Å². The maximum absolute atomic E-state index is 6.09. The lowest BCUT2D eigenvalue weighted by molar-refractivity contribution is 1.13. The highest BCUT2D eigenvalue weighted by Crippen LogP contribution is 2.50. The van der Waals surface area contributed by atoms with Gasteiger partial charge in [-0.2, -0.15) is 0 Å². The van der Waals surface area contributed by atoms with E-state index in [1.54, 1.807) is 0 Å². The zero-order chi connectivity index (χ0) is 96.6. The van der Waals surface area contributed by atoms with E-state index in [0.717, 1.165) is 193 Å². The summed E-state index contributed by atoms with van der Waals surface area (Å²) in [5.74, 6) is 0.557. The van der Waals surface area contributed by atoms with Crippen LogP contribution < -0.4 is 0 Å². The van der Waals surface area contributed by atoms with Crippen LogP contribution in [0.25, 0.3) is 255 Å². The van der Waals surface area contributed by atoms with E-state index in [1.165, 1.54) is 89.0 Å². The molecule has 0 aliphatic carbocycles. The van der Waals surface area contributed by atoms with Gasteiger partial charge in [0.15, 0.2) is 5.82 Å². The summed E-state index contributed by atoms with van der Waals surface area (Å²) in [6, 6.07) is 158. The fourth-order valence-electron chi connectivity index (χ4n) is 22.9. The standard InChI is InChI=1S/C136H98N8/c1-83-28-12-20-38-102(83)92-46-56-124-110(70-92)111-71-93(103-39-21-13-29-84(103)2)47-57-125(111)141(124)132-64-54-100(120-81-137-68-66-134(120)143-128-60-50-96(106-42-24-16-32-87(106)5)74-114(128)115-75-97(51-61-129(115)143)107-43-25-17-33-88(107)6)78-118(132)122-80-123(140-136(139-122)91-36-10-9-11-37-91)119-79-101(55-65-133(119)142-126-58-48-94(104-40-22-14-30-85(104)3)72-112(126)113-73-95(49-59-127(113)142)105-41-23-15-31-86(105)4)121-82-138-69-67-135(121)144-130-62-52-98(108-44-26-18-34-89(108)7)76-116(130)117-77-99(53-63-131(117)144)109-45-27-19-35-90(109)8/h9-82H,1-8H3. The van der Waals surface area contributed by atoms with Crippen LogP contribution in [0, 0.1) is 55.4 Å². The van der Waals surface area contributed by atoms with E-state index in [0.29, 0.717) is 17.2 Å². The van der Waals surface area contributed by atoms with Crippen molar-refractivity contribution in [3.05, 3.63) is 494 Å². The summed E-state index contributed by atoms with van der Waals surface area (Å²) in [7, 11) is 0. The van der Waals surface area contributed by atoms with Crippen LogP contribution in [0.2, 0.25) is 0 Å². The number of hydrogen-bond acceptors (Lipinski definition) is 4. The predicted molar refractivity (Wildman–Crippen MR) is 604 cm³/mol. The van der Waals surface area contributed by atoms with Gasteiger partial charge in [0.2, 0.25) is 0 Å². The largest absolute Gasteiger partial charge is 0.309 e. The molecule has 0 spiro atoms. The number of fused-ring (bicyclic) bond motifs is 12. The summed E-state index contributed by atoms with van der Waals surface area (Å²) in [6.45, 7) is 17.7. The molecular weight excluding hydrogens is 1750 g/mol. The number of benzene rings is 19. The molecule has 0 bridgehead atoms. The number of nitrogens with zero attached hydrogens (tertiary/aromatic N) is 8. The fourth-order valence-corrected chi connectivity index (χ4v) is 22.9. The van der Waals surface area contributed by atoms with Gasteiger partial charge in [-0.1, -0.05) is 285 Å². The second-order valence-electron chi connectivity index (χ2n) is 38.8. The highest BCUT2D eigenvalue weighted by atomic mass is 15.0. The Hall–Kier alpha value is -18.2. The molecule has 0 fully saturated rings. The van der Waals surface area contributed by atoms with Crippen molar-refractivity contribution >= 4 is 87.2 Å². The summed E-state index contributed by atoms with van der Waals surface area (Å²) >= 11 is 0. The normalized spacial score (nSPS) is 11.8. The molecule has 0 radical (unpaired) electrons. The van der Waals surface area contributed by atoms with E-state index >= 15 is 0 Å². The molecule has 0 saturated heterocycles. The first kappa shape index (κ1) is 86.1. The molecule has 0 saturated carbocycles. The van der Waals surface area contributed by atoms with Crippen LogP contribution in [-0.4, -0.2) is 38.2 Å². The third-order valence-electron chi connectivity index (χ3n) is 30.2. The molecule has 0 aliphatic heterocycles. The lowest BCUT2D eigenvalue weighted by Gasteiger charge is -2.20.